The van der Waals surface area contributed by atoms with Crippen LogP contribution in [0.4, 0.5) is 5.69 Å². The van der Waals surface area contributed by atoms with E-state index in [2.05, 4.69) is 0 Å². The van der Waals surface area contributed by atoms with Crippen molar-refractivity contribution in [1.82, 2.24) is 0 Å². The molecule has 0 aromatic heterocycles. The number of anilines is 1. The number of benzene rings is 3. The van der Waals surface area contributed by atoms with Crippen molar-refractivity contribution in [2.75, 3.05) is 4.90 Å². The minimum absolute atomic E-state index is 0.105. The standard InChI is InChI=1S/C26H17NO4/c28-23-17-21(19-12-6-2-7-13-19)26(31-23)22(16-18-10-4-1-5-11-18)24(29)27(25(26)30)20-14-8-3-9-15-20/h1-17H/b22-16-. The van der Waals surface area contributed by atoms with Crippen LogP contribution in [0.3, 0.4) is 0 Å². The topological polar surface area (TPSA) is 63.7 Å². The molecule has 5 nitrogen and oxygen atoms in total. The molecule has 2 aliphatic heterocycles. The highest BCUT2D eigenvalue weighted by Crippen LogP contribution is 2.48. The molecule has 0 bridgehead atoms. The third-order valence-corrected chi connectivity index (χ3v) is 5.42. The Kier molecular flexibility index (Phi) is 4.37. The molecule has 2 aliphatic rings. The minimum atomic E-state index is -1.83. The summed E-state index contributed by atoms with van der Waals surface area (Å²) in [6.07, 6.45) is 2.92. The maximum absolute atomic E-state index is 13.8. The fourth-order valence-electron chi connectivity index (χ4n) is 4.04. The largest absolute Gasteiger partial charge is 0.435 e. The predicted molar refractivity (Wildman–Crippen MR) is 117 cm³/mol. The van der Waals surface area contributed by atoms with E-state index in [9.17, 15) is 14.4 Å². The molecule has 3 aromatic carbocycles. The van der Waals surface area contributed by atoms with Crippen LogP contribution >= 0.6 is 0 Å². The molecule has 2 heterocycles. The molecule has 31 heavy (non-hydrogen) atoms. The van der Waals surface area contributed by atoms with Crippen molar-refractivity contribution in [3.05, 3.63) is 114 Å². The summed E-state index contributed by atoms with van der Waals surface area (Å²) in [6, 6.07) is 26.9. The van der Waals surface area contributed by atoms with Crippen LogP contribution in [0.1, 0.15) is 11.1 Å². The lowest BCUT2D eigenvalue weighted by Gasteiger charge is -2.25. The number of imide groups is 1. The van der Waals surface area contributed by atoms with Crippen molar-refractivity contribution in [3.63, 3.8) is 0 Å². The van der Waals surface area contributed by atoms with Crippen LogP contribution in [0, 0.1) is 0 Å². The number of carbonyl (C=O) groups is 3. The molecule has 0 N–H and O–H groups in total. The molecule has 5 heteroatoms. The zero-order valence-electron chi connectivity index (χ0n) is 16.4. The fourth-order valence-corrected chi connectivity index (χ4v) is 4.04. The van der Waals surface area contributed by atoms with E-state index < -0.39 is 23.4 Å². The zero-order chi connectivity index (χ0) is 21.4. The number of hydrogen-bond donors (Lipinski definition) is 0. The van der Waals surface area contributed by atoms with Gasteiger partial charge >= 0.3 is 5.97 Å². The summed E-state index contributed by atoms with van der Waals surface area (Å²) in [5.41, 5.74) is 0.419. The summed E-state index contributed by atoms with van der Waals surface area (Å²) >= 11 is 0. The summed E-state index contributed by atoms with van der Waals surface area (Å²) in [5.74, 6) is -1.78. The summed E-state index contributed by atoms with van der Waals surface area (Å²) in [7, 11) is 0. The summed E-state index contributed by atoms with van der Waals surface area (Å²) in [5, 5.41) is 0. The van der Waals surface area contributed by atoms with Crippen molar-refractivity contribution in [2.24, 2.45) is 0 Å². The van der Waals surface area contributed by atoms with Crippen LogP contribution < -0.4 is 4.90 Å². The molecule has 0 saturated carbocycles. The van der Waals surface area contributed by atoms with Crippen molar-refractivity contribution < 1.29 is 19.1 Å². The second-order valence-electron chi connectivity index (χ2n) is 7.28. The first-order valence-electron chi connectivity index (χ1n) is 9.83. The van der Waals surface area contributed by atoms with Gasteiger partial charge in [-0.25, -0.2) is 9.69 Å². The van der Waals surface area contributed by atoms with Crippen molar-refractivity contribution in [1.29, 1.82) is 0 Å². The van der Waals surface area contributed by atoms with Crippen LogP contribution in [0.15, 0.2) is 103 Å². The number of para-hydroxylation sites is 1. The maximum atomic E-state index is 13.8. The van der Waals surface area contributed by atoms with Gasteiger partial charge in [-0.2, -0.15) is 0 Å². The number of rotatable bonds is 3. The molecule has 0 aliphatic carbocycles. The Morgan fingerprint density at radius 3 is 1.97 bits per heavy atom. The van der Waals surface area contributed by atoms with Crippen LogP contribution in [0.25, 0.3) is 11.6 Å². The average molecular weight is 407 g/mol. The molecule has 2 amide bonds. The van der Waals surface area contributed by atoms with E-state index in [1.54, 1.807) is 48.5 Å². The summed E-state index contributed by atoms with van der Waals surface area (Å²) in [4.78, 5) is 41.0. The van der Waals surface area contributed by atoms with Crippen LogP contribution in [-0.4, -0.2) is 23.4 Å². The van der Waals surface area contributed by atoms with E-state index in [-0.39, 0.29) is 5.57 Å². The first-order chi connectivity index (χ1) is 15.1. The molecule has 1 saturated heterocycles. The van der Waals surface area contributed by atoms with Crippen molar-refractivity contribution in [2.45, 2.75) is 5.60 Å². The number of nitrogens with zero attached hydrogens (tertiary/aromatic N) is 1. The number of esters is 1. The van der Waals surface area contributed by atoms with Crippen LogP contribution in [-0.2, 0) is 19.1 Å². The summed E-state index contributed by atoms with van der Waals surface area (Å²) in [6.45, 7) is 0. The van der Waals surface area contributed by atoms with Crippen molar-refractivity contribution >= 4 is 35.1 Å². The minimum Gasteiger partial charge on any atom is -0.435 e. The molecule has 3 aromatic rings. The van der Waals surface area contributed by atoms with Gasteiger partial charge in [-0.05, 0) is 29.3 Å². The van der Waals surface area contributed by atoms with Gasteiger partial charge in [0.1, 0.15) is 0 Å². The number of hydrogen-bond acceptors (Lipinski definition) is 4. The monoisotopic (exact) mass is 407 g/mol. The zero-order valence-corrected chi connectivity index (χ0v) is 16.4. The maximum Gasteiger partial charge on any atom is 0.332 e. The van der Waals surface area contributed by atoms with Crippen LogP contribution in [0.5, 0.6) is 0 Å². The lowest BCUT2D eigenvalue weighted by molar-refractivity contribution is -0.149. The first-order valence-corrected chi connectivity index (χ1v) is 9.83. The quantitative estimate of drug-likeness (QED) is 0.374. The second kappa shape index (κ2) is 7.22. The summed E-state index contributed by atoms with van der Waals surface area (Å²) < 4.78 is 5.68. The van der Waals surface area contributed by atoms with E-state index in [0.29, 0.717) is 16.8 Å². The first kappa shape index (κ1) is 18.8. The van der Waals surface area contributed by atoms with Crippen LogP contribution in [0.2, 0.25) is 0 Å². The number of carbonyl (C=O) groups excluding carboxylic acids is 3. The average Bonchev–Trinajstić information content (AvgIpc) is 3.26. The lowest BCUT2D eigenvalue weighted by atomic mass is 9.83. The molecule has 1 fully saturated rings. The van der Waals surface area contributed by atoms with Crippen molar-refractivity contribution in [3.8, 4) is 0 Å². The predicted octanol–water partition coefficient (Wildman–Crippen LogP) is 4.02. The Morgan fingerprint density at radius 2 is 1.32 bits per heavy atom. The highest BCUT2D eigenvalue weighted by Gasteiger charge is 2.64. The smallest absolute Gasteiger partial charge is 0.332 e. The fraction of sp³-hybridized carbons (Fsp3) is 0.0385. The molecule has 150 valence electrons. The van der Waals surface area contributed by atoms with Gasteiger partial charge in [-0.3, -0.25) is 9.59 Å². The van der Waals surface area contributed by atoms with Gasteiger partial charge in [0.15, 0.2) is 0 Å². The number of ether oxygens (including phenoxy) is 1. The number of amides is 2. The second-order valence-corrected chi connectivity index (χ2v) is 7.28. The van der Waals surface area contributed by atoms with E-state index in [1.807, 2.05) is 48.5 Å². The highest BCUT2D eigenvalue weighted by atomic mass is 16.6. The Balaban J connectivity index is 1.76. The Bertz CT molecular complexity index is 1250. The molecule has 0 radical (unpaired) electrons. The van der Waals surface area contributed by atoms with Gasteiger partial charge in [0.2, 0.25) is 5.60 Å². The lowest BCUT2D eigenvalue weighted by Crippen LogP contribution is -2.42. The molecule has 1 unspecified atom stereocenters. The molecule has 1 spiro atoms. The Hall–Kier alpha value is -4.25. The van der Waals surface area contributed by atoms with E-state index in [4.69, 9.17) is 4.74 Å². The third kappa shape index (κ3) is 2.90. The SMILES string of the molecule is O=C1C=C(c2ccccc2)C2(O1)C(=O)N(c1ccccc1)C(=O)/C2=C/c1ccccc1. The molecular weight excluding hydrogens is 390 g/mol. The Morgan fingerprint density at radius 1 is 0.742 bits per heavy atom. The Labute approximate surface area is 178 Å². The normalized spacial score (nSPS) is 21.7. The van der Waals surface area contributed by atoms with E-state index >= 15 is 0 Å². The molecule has 1 atom stereocenters. The molecule has 5 rings (SSSR count). The highest BCUT2D eigenvalue weighted by molar-refractivity contribution is 6.39. The van der Waals surface area contributed by atoms with Gasteiger partial charge in [0, 0.05) is 11.6 Å². The van der Waals surface area contributed by atoms with E-state index in [1.165, 1.54) is 6.08 Å². The van der Waals surface area contributed by atoms with E-state index in [0.717, 1.165) is 10.5 Å². The van der Waals surface area contributed by atoms with Gasteiger partial charge in [-0.15, -0.1) is 0 Å². The van der Waals surface area contributed by atoms with Gasteiger partial charge in [0.25, 0.3) is 11.8 Å². The molecular formula is C26H17NO4. The van der Waals surface area contributed by atoms with Gasteiger partial charge in [-0.1, -0.05) is 78.9 Å². The van der Waals surface area contributed by atoms with Gasteiger partial charge < -0.3 is 4.74 Å². The third-order valence-electron chi connectivity index (χ3n) is 5.42. The van der Waals surface area contributed by atoms with Gasteiger partial charge in [0.05, 0.1) is 11.3 Å².